The SMILES string of the molecule is COc1cc(C(=O)NCC2(C)OC3(OC(=O)C2O)C(=O)N/C(=C(\C=O)C(C)=O)OC3C(O)C2CN2C(C)=O)c2cccc(C)c2c1. The summed E-state index contributed by atoms with van der Waals surface area (Å²) in [6, 6.07) is 7.78. The van der Waals surface area contributed by atoms with Crippen molar-refractivity contribution in [1.29, 1.82) is 0 Å². The number of aliphatic hydroxyl groups is 2. The van der Waals surface area contributed by atoms with Crippen LogP contribution >= 0.6 is 0 Å². The molecule has 15 heteroatoms. The number of aldehydes is 1. The van der Waals surface area contributed by atoms with Crippen LogP contribution in [-0.2, 0) is 38.2 Å². The summed E-state index contributed by atoms with van der Waals surface area (Å²) >= 11 is 0. The Kier molecular flexibility index (Phi) is 8.36. The van der Waals surface area contributed by atoms with Gasteiger partial charge in [-0.25, -0.2) is 4.79 Å². The summed E-state index contributed by atoms with van der Waals surface area (Å²) in [6.07, 6.45) is -5.59. The smallest absolute Gasteiger partial charge is 0.341 e. The molecule has 3 amide bonds. The van der Waals surface area contributed by atoms with E-state index < -0.39 is 83.2 Å². The predicted octanol–water partition coefficient (Wildman–Crippen LogP) is -0.618. The van der Waals surface area contributed by atoms with Gasteiger partial charge < -0.3 is 39.4 Å². The van der Waals surface area contributed by atoms with Crippen molar-refractivity contribution in [1.82, 2.24) is 15.5 Å². The number of ether oxygens (including phenoxy) is 4. The molecule has 2 aromatic rings. The first-order chi connectivity index (χ1) is 21.7. The number of benzene rings is 2. The number of methoxy groups -OCH3 is 1. The third-order valence-corrected chi connectivity index (χ3v) is 8.37. The Bertz CT molecular complexity index is 1700. The molecular formula is C31H33N3O12. The lowest BCUT2D eigenvalue weighted by molar-refractivity contribution is -0.348. The summed E-state index contributed by atoms with van der Waals surface area (Å²) in [5.74, 6) is -7.43. The van der Waals surface area contributed by atoms with Crippen molar-refractivity contribution in [2.45, 2.75) is 63.4 Å². The van der Waals surface area contributed by atoms with Gasteiger partial charge in [0.25, 0.3) is 5.91 Å². The van der Waals surface area contributed by atoms with Gasteiger partial charge >= 0.3 is 17.7 Å². The fourth-order valence-electron chi connectivity index (χ4n) is 5.67. The first kappa shape index (κ1) is 32.5. The average Bonchev–Trinajstić information content (AvgIpc) is 3.82. The standard InChI is InChI=1S/C31H33N3O12/c1-14-7-6-8-18-19(14)9-17(43-5)10-20(18)26(40)32-13-30(4)24(39)28(41)45-31(46-30)25(23(38)22-11-34(22)16(3)37)44-27(33-29(31)42)21(12-35)15(2)36/h6-10,12,22-25,38-39H,11,13H2,1-5H3,(H,32,40)(H,33,42)/b27-21-. The van der Waals surface area contributed by atoms with Crippen LogP contribution < -0.4 is 15.4 Å². The Morgan fingerprint density at radius 3 is 2.54 bits per heavy atom. The fraction of sp³-hybridized carbons (Fsp3) is 0.419. The molecule has 4 N–H and O–H groups in total. The van der Waals surface area contributed by atoms with Crippen LogP contribution in [0.4, 0.5) is 0 Å². The number of hydrogen-bond donors (Lipinski definition) is 4. The number of carbonyl (C=O) groups is 6. The van der Waals surface area contributed by atoms with Crippen LogP contribution in [-0.4, -0.2) is 107 Å². The Morgan fingerprint density at radius 1 is 1.22 bits per heavy atom. The minimum Gasteiger partial charge on any atom is -0.497 e. The Hall–Kier alpha value is -4.86. The molecule has 46 heavy (non-hydrogen) atoms. The maximum absolute atomic E-state index is 13.7. The summed E-state index contributed by atoms with van der Waals surface area (Å²) in [7, 11) is 1.45. The van der Waals surface area contributed by atoms with Gasteiger partial charge in [-0.1, -0.05) is 18.2 Å². The van der Waals surface area contributed by atoms with E-state index in [2.05, 4.69) is 10.6 Å². The van der Waals surface area contributed by atoms with Crippen LogP contribution in [0.15, 0.2) is 41.8 Å². The van der Waals surface area contributed by atoms with Crippen LogP contribution in [0.25, 0.3) is 10.8 Å². The predicted molar refractivity (Wildman–Crippen MR) is 156 cm³/mol. The van der Waals surface area contributed by atoms with Gasteiger partial charge in [0, 0.05) is 20.0 Å². The zero-order valence-electron chi connectivity index (χ0n) is 25.6. The van der Waals surface area contributed by atoms with Gasteiger partial charge in [-0.2, -0.15) is 0 Å². The molecule has 2 aromatic carbocycles. The van der Waals surface area contributed by atoms with Crippen LogP contribution in [0, 0.1) is 6.92 Å². The van der Waals surface area contributed by atoms with E-state index in [1.165, 1.54) is 31.9 Å². The molecule has 6 unspecified atom stereocenters. The highest BCUT2D eigenvalue weighted by Crippen LogP contribution is 2.42. The minimum absolute atomic E-state index is 0.0538. The normalized spacial score (nSPS) is 28.8. The first-order valence-electron chi connectivity index (χ1n) is 14.3. The van der Waals surface area contributed by atoms with Crippen molar-refractivity contribution in [2.24, 2.45) is 0 Å². The number of amides is 3. The van der Waals surface area contributed by atoms with Crippen LogP contribution in [0.3, 0.4) is 0 Å². The summed E-state index contributed by atoms with van der Waals surface area (Å²) in [5, 5.41) is 28.4. The van der Waals surface area contributed by atoms with E-state index >= 15 is 0 Å². The van der Waals surface area contributed by atoms with Gasteiger partial charge in [-0.3, -0.25) is 29.3 Å². The summed E-state index contributed by atoms with van der Waals surface area (Å²) in [5.41, 5.74) is -1.55. The zero-order chi connectivity index (χ0) is 33.7. The van der Waals surface area contributed by atoms with Crippen molar-refractivity contribution in [2.75, 3.05) is 20.2 Å². The molecule has 244 valence electrons. The molecule has 0 saturated carbocycles. The zero-order valence-corrected chi connectivity index (χ0v) is 25.6. The summed E-state index contributed by atoms with van der Waals surface area (Å²) in [4.78, 5) is 77.4. The molecule has 5 rings (SSSR count). The molecule has 0 aliphatic carbocycles. The highest BCUT2D eigenvalue weighted by atomic mass is 16.8. The number of esters is 1. The van der Waals surface area contributed by atoms with Gasteiger partial charge in [-0.05, 0) is 49.2 Å². The Labute approximate surface area is 262 Å². The molecule has 3 aliphatic heterocycles. The Morgan fingerprint density at radius 2 is 1.93 bits per heavy atom. The lowest BCUT2D eigenvalue weighted by Crippen LogP contribution is -2.75. The van der Waals surface area contributed by atoms with Crippen molar-refractivity contribution in [3.05, 3.63) is 52.9 Å². The molecule has 15 nitrogen and oxygen atoms in total. The number of rotatable bonds is 8. The number of allylic oxidation sites excluding steroid dienone is 1. The molecule has 3 fully saturated rings. The Balaban J connectivity index is 1.50. The van der Waals surface area contributed by atoms with E-state index in [9.17, 15) is 39.0 Å². The van der Waals surface area contributed by atoms with E-state index in [-0.39, 0.29) is 18.4 Å². The van der Waals surface area contributed by atoms with Crippen molar-refractivity contribution < 1.29 is 57.9 Å². The van der Waals surface area contributed by atoms with Gasteiger partial charge in [-0.15, -0.1) is 0 Å². The highest BCUT2D eigenvalue weighted by molar-refractivity contribution is 6.11. The van der Waals surface area contributed by atoms with E-state index in [1.807, 2.05) is 13.0 Å². The van der Waals surface area contributed by atoms with Crippen LogP contribution in [0.2, 0.25) is 0 Å². The second-order valence-corrected chi connectivity index (χ2v) is 11.6. The molecule has 0 bridgehead atoms. The quantitative estimate of drug-likeness (QED) is 0.0712. The number of nitrogens with one attached hydrogen (secondary N) is 2. The average molecular weight is 640 g/mol. The summed E-state index contributed by atoms with van der Waals surface area (Å²) < 4.78 is 22.5. The van der Waals surface area contributed by atoms with Gasteiger partial charge in [0.05, 0.1) is 18.7 Å². The first-order valence-corrected chi connectivity index (χ1v) is 14.3. The van der Waals surface area contributed by atoms with Crippen LogP contribution in [0.5, 0.6) is 5.75 Å². The number of fused-ring (bicyclic) bond motifs is 1. The van der Waals surface area contributed by atoms with Crippen molar-refractivity contribution in [3.63, 3.8) is 0 Å². The van der Waals surface area contributed by atoms with E-state index in [1.54, 1.807) is 18.2 Å². The number of ketones is 1. The number of Topliss-reactive ketones (excluding diaryl/α,β-unsaturated/α-hetero) is 1. The molecule has 6 atom stereocenters. The monoisotopic (exact) mass is 639 g/mol. The van der Waals surface area contributed by atoms with Crippen molar-refractivity contribution in [3.8, 4) is 5.75 Å². The largest absolute Gasteiger partial charge is 0.497 e. The third kappa shape index (κ3) is 5.46. The molecule has 3 saturated heterocycles. The number of aliphatic hydroxyl groups excluding tert-OH is 2. The van der Waals surface area contributed by atoms with E-state index in [0.717, 1.165) is 17.9 Å². The molecule has 1 spiro atoms. The maximum Gasteiger partial charge on any atom is 0.341 e. The lowest BCUT2D eigenvalue weighted by Gasteiger charge is -2.51. The second kappa shape index (κ2) is 11.8. The number of hydrogen-bond acceptors (Lipinski definition) is 12. The highest BCUT2D eigenvalue weighted by Gasteiger charge is 2.69. The topological polar surface area (TPSA) is 207 Å². The number of aryl methyl sites for hydroxylation is 1. The van der Waals surface area contributed by atoms with Gasteiger partial charge in [0.15, 0.2) is 18.2 Å². The van der Waals surface area contributed by atoms with Gasteiger partial charge in [0.2, 0.25) is 17.9 Å². The lowest BCUT2D eigenvalue weighted by atomic mass is 9.91. The molecule has 0 radical (unpaired) electrons. The third-order valence-electron chi connectivity index (χ3n) is 8.37. The molecule has 3 heterocycles. The molecule has 0 aromatic heterocycles. The maximum atomic E-state index is 13.7. The second-order valence-electron chi connectivity index (χ2n) is 11.6. The fourth-order valence-corrected chi connectivity index (χ4v) is 5.67. The minimum atomic E-state index is -2.80. The van der Waals surface area contributed by atoms with E-state index in [0.29, 0.717) is 11.1 Å². The molecule has 3 aliphatic rings. The number of nitrogens with zero attached hydrogens (tertiary/aromatic N) is 1. The van der Waals surface area contributed by atoms with Crippen LogP contribution in [0.1, 0.15) is 36.7 Å². The van der Waals surface area contributed by atoms with Crippen molar-refractivity contribution >= 4 is 46.5 Å². The summed E-state index contributed by atoms with van der Waals surface area (Å²) in [6.45, 7) is 4.90. The van der Waals surface area contributed by atoms with E-state index in [4.69, 9.17) is 18.9 Å². The van der Waals surface area contributed by atoms with Gasteiger partial charge in [0.1, 0.15) is 23.0 Å². The number of carbonyl (C=O) groups excluding carboxylic acids is 6. The molecular weight excluding hydrogens is 606 g/mol.